The minimum atomic E-state index is -0.0648. The summed E-state index contributed by atoms with van der Waals surface area (Å²) in [6, 6.07) is 0. The Bertz CT molecular complexity index is 23.6. The first kappa shape index (κ1) is 10.9. The van der Waals surface area contributed by atoms with Gasteiger partial charge in [0.15, 0.2) is 0 Å². The predicted molar refractivity (Wildman–Crippen MR) is 37.9 cm³/mol. The van der Waals surface area contributed by atoms with Gasteiger partial charge in [-0.3, -0.25) is 0 Å². The first-order valence-electron chi connectivity index (χ1n) is 3.49. The van der Waals surface area contributed by atoms with Crippen LogP contribution in [0.25, 0.3) is 0 Å². The van der Waals surface area contributed by atoms with E-state index in [4.69, 9.17) is 5.11 Å². The van der Waals surface area contributed by atoms with E-state index in [1.54, 1.807) is 0 Å². The fourth-order valence-corrected chi connectivity index (χ4v) is 0.289. The molecule has 0 bridgehead atoms. The molecule has 0 heterocycles. The number of hydrogen-bond donors (Lipinski definition) is 1. The van der Waals surface area contributed by atoms with Crippen LogP contribution in [0, 0.1) is 0 Å². The zero-order valence-electron chi connectivity index (χ0n) is 6.44. The van der Waals surface area contributed by atoms with Gasteiger partial charge >= 0.3 is 0 Å². The maximum atomic E-state index is 8.67. The van der Waals surface area contributed by atoms with E-state index in [0.717, 1.165) is 12.8 Å². The molecule has 0 amide bonds. The maximum Gasteiger partial charge on any atom is 0.0535 e. The lowest BCUT2D eigenvalue weighted by atomic mass is 10.2. The molecule has 0 atom stereocenters. The number of aliphatic hydroxyl groups excluding tert-OH is 1. The van der Waals surface area contributed by atoms with E-state index in [1.807, 2.05) is 27.7 Å². The number of aliphatic hydroxyl groups is 1. The molecule has 0 aliphatic rings. The van der Waals surface area contributed by atoms with Gasteiger partial charge in [0.25, 0.3) is 0 Å². The van der Waals surface area contributed by atoms with Crippen molar-refractivity contribution in [1.82, 2.24) is 0 Å². The molecule has 0 aromatic heterocycles. The third-order valence-electron chi connectivity index (χ3n) is 0.942. The van der Waals surface area contributed by atoms with Gasteiger partial charge in [-0.15, -0.1) is 0 Å². The average Bonchev–Trinajstić information content (AvgIpc) is 1.91. The molecule has 0 aliphatic carbocycles. The van der Waals surface area contributed by atoms with Crippen LogP contribution in [0.5, 0.6) is 0 Å². The molecule has 0 spiro atoms. The van der Waals surface area contributed by atoms with Crippen LogP contribution in [0.1, 0.15) is 40.5 Å². The smallest absolute Gasteiger partial charge is 0.0535 e. The molecular formula is C7H18O. The first-order valence-corrected chi connectivity index (χ1v) is 3.49. The summed E-state index contributed by atoms with van der Waals surface area (Å²) < 4.78 is 0. The van der Waals surface area contributed by atoms with Crippen molar-refractivity contribution in [1.29, 1.82) is 0 Å². The summed E-state index contributed by atoms with van der Waals surface area (Å²) in [5.74, 6) is 0. The Labute approximate surface area is 52.7 Å². The van der Waals surface area contributed by atoms with Gasteiger partial charge in [-0.2, -0.15) is 0 Å². The Kier molecular flexibility index (Phi) is 13.6. The van der Waals surface area contributed by atoms with Gasteiger partial charge in [0, 0.05) is 0 Å². The molecule has 8 heavy (non-hydrogen) atoms. The lowest BCUT2D eigenvalue weighted by Crippen LogP contribution is -1.99. The van der Waals surface area contributed by atoms with Gasteiger partial charge < -0.3 is 5.11 Å². The van der Waals surface area contributed by atoms with Gasteiger partial charge in [-0.1, -0.05) is 27.7 Å². The third kappa shape index (κ3) is 9.35. The highest BCUT2D eigenvalue weighted by molar-refractivity contribution is 4.43. The predicted octanol–water partition coefficient (Wildman–Crippen LogP) is 2.19. The van der Waals surface area contributed by atoms with E-state index in [1.165, 1.54) is 0 Å². The summed E-state index contributed by atoms with van der Waals surface area (Å²) in [4.78, 5) is 0. The molecule has 0 aromatic carbocycles. The first-order chi connectivity index (χ1) is 3.81. The quantitative estimate of drug-likeness (QED) is 0.589. The molecule has 0 aliphatic heterocycles. The van der Waals surface area contributed by atoms with Gasteiger partial charge in [0.2, 0.25) is 0 Å². The topological polar surface area (TPSA) is 20.2 Å². The molecule has 0 radical (unpaired) electrons. The minimum Gasteiger partial charge on any atom is -0.393 e. The number of hydrogen-bond acceptors (Lipinski definition) is 1. The molecular weight excluding hydrogens is 100 g/mol. The van der Waals surface area contributed by atoms with Crippen LogP contribution >= 0.6 is 0 Å². The molecule has 0 aromatic rings. The van der Waals surface area contributed by atoms with Crippen molar-refractivity contribution in [3.63, 3.8) is 0 Å². The van der Waals surface area contributed by atoms with Crippen molar-refractivity contribution in [3.05, 3.63) is 0 Å². The standard InChI is InChI=1S/C5H12O.C2H6/c1-3-5(6)4-2;1-2/h5-6H,3-4H2,1-2H3;1-2H3. The van der Waals surface area contributed by atoms with Crippen molar-refractivity contribution >= 4 is 0 Å². The molecule has 0 unspecified atom stereocenters. The lowest BCUT2D eigenvalue weighted by Gasteiger charge is -1.98. The molecule has 1 nitrogen and oxygen atoms in total. The van der Waals surface area contributed by atoms with Crippen molar-refractivity contribution in [2.24, 2.45) is 0 Å². The van der Waals surface area contributed by atoms with Crippen LogP contribution in [0.3, 0.4) is 0 Å². The van der Waals surface area contributed by atoms with Crippen molar-refractivity contribution in [2.75, 3.05) is 0 Å². The minimum absolute atomic E-state index is 0.0648. The molecule has 0 rings (SSSR count). The summed E-state index contributed by atoms with van der Waals surface area (Å²) in [7, 11) is 0. The number of rotatable bonds is 2. The Morgan fingerprint density at radius 3 is 1.38 bits per heavy atom. The van der Waals surface area contributed by atoms with Gasteiger partial charge in [-0.25, -0.2) is 0 Å². The van der Waals surface area contributed by atoms with Gasteiger partial charge in [0.1, 0.15) is 0 Å². The van der Waals surface area contributed by atoms with E-state index in [-0.39, 0.29) is 6.10 Å². The SMILES string of the molecule is CC.CCC(O)CC. The zero-order chi connectivity index (χ0) is 6.99. The van der Waals surface area contributed by atoms with Crippen LogP contribution in [0.4, 0.5) is 0 Å². The van der Waals surface area contributed by atoms with Crippen LogP contribution in [-0.2, 0) is 0 Å². The highest BCUT2D eigenvalue weighted by Gasteiger charge is 1.90. The van der Waals surface area contributed by atoms with E-state index in [9.17, 15) is 0 Å². The summed E-state index contributed by atoms with van der Waals surface area (Å²) in [6.45, 7) is 7.96. The van der Waals surface area contributed by atoms with Crippen molar-refractivity contribution in [2.45, 2.75) is 46.6 Å². The Morgan fingerprint density at radius 2 is 1.38 bits per heavy atom. The molecule has 1 heteroatoms. The second-order valence-electron chi connectivity index (χ2n) is 1.47. The highest BCUT2D eigenvalue weighted by Crippen LogP contribution is 1.91. The fourth-order valence-electron chi connectivity index (χ4n) is 0.289. The monoisotopic (exact) mass is 118 g/mol. The van der Waals surface area contributed by atoms with Crippen LogP contribution in [0.2, 0.25) is 0 Å². The molecule has 0 saturated heterocycles. The highest BCUT2D eigenvalue weighted by atomic mass is 16.3. The van der Waals surface area contributed by atoms with Gasteiger partial charge in [-0.05, 0) is 12.8 Å². The maximum absolute atomic E-state index is 8.67. The molecule has 0 fully saturated rings. The van der Waals surface area contributed by atoms with E-state index >= 15 is 0 Å². The van der Waals surface area contributed by atoms with Crippen LogP contribution in [-0.4, -0.2) is 11.2 Å². The normalized spacial score (nSPS) is 8.25. The van der Waals surface area contributed by atoms with Crippen molar-refractivity contribution in [3.8, 4) is 0 Å². The Balaban J connectivity index is 0. The Hall–Kier alpha value is -0.0400. The summed E-state index contributed by atoms with van der Waals surface area (Å²) in [6.07, 6.45) is 1.71. The fraction of sp³-hybridized carbons (Fsp3) is 1.00. The van der Waals surface area contributed by atoms with E-state index < -0.39 is 0 Å². The second-order valence-corrected chi connectivity index (χ2v) is 1.47. The third-order valence-corrected chi connectivity index (χ3v) is 0.942. The molecule has 52 valence electrons. The van der Waals surface area contributed by atoms with Crippen molar-refractivity contribution < 1.29 is 5.11 Å². The van der Waals surface area contributed by atoms with Crippen LogP contribution < -0.4 is 0 Å². The van der Waals surface area contributed by atoms with E-state index in [0.29, 0.717) is 0 Å². The second kappa shape index (κ2) is 10.0. The summed E-state index contributed by atoms with van der Waals surface area (Å²) in [5, 5.41) is 8.67. The zero-order valence-corrected chi connectivity index (χ0v) is 6.44. The average molecular weight is 118 g/mol. The molecule has 0 saturated carbocycles. The molecule has 1 N–H and O–H groups in total. The summed E-state index contributed by atoms with van der Waals surface area (Å²) >= 11 is 0. The van der Waals surface area contributed by atoms with Crippen LogP contribution in [0.15, 0.2) is 0 Å². The largest absolute Gasteiger partial charge is 0.393 e. The Morgan fingerprint density at radius 1 is 1.12 bits per heavy atom. The van der Waals surface area contributed by atoms with Gasteiger partial charge in [0.05, 0.1) is 6.10 Å². The lowest BCUT2D eigenvalue weighted by molar-refractivity contribution is 0.166. The summed E-state index contributed by atoms with van der Waals surface area (Å²) in [5.41, 5.74) is 0. The van der Waals surface area contributed by atoms with E-state index in [2.05, 4.69) is 0 Å².